The molecule has 0 saturated carbocycles. The van der Waals surface area contributed by atoms with Crippen LogP contribution in [0.15, 0.2) is 45.5 Å². The van der Waals surface area contributed by atoms with Gasteiger partial charge in [0.25, 0.3) is 0 Å². The lowest BCUT2D eigenvalue weighted by atomic mass is 10.3. The summed E-state index contributed by atoms with van der Waals surface area (Å²) >= 11 is 7.40. The number of aromatic nitrogens is 2. The van der Waals surface area contributed by atoms with E-state index in [2.05, 4.69) is 15.5 Å². The predicted molar refractivity (Wildman–Crippen MR) is 81.4 cm³/mol. The number of halogens is 1. The molecule has 0 saturated heterocycles. The van der Waals surface area contributed by atoms with Crippen molar-refractivity contribution in [2.24, 2.45) is 0 Å². The molecule has 0 atom stereocenters. The molecule has 1 aromatic carbocycles. The number of nitrogens with zero attached hydrogens (tertiary/aromatic N) is 2. The van der Waals surface area contributed by atoms with Crippen LogP contribution in [0.5, 0.6) is 0 Å². The molecule has 0 fully saturated rings. The first-order chi connectivity index (χ1) is 10.2. The van der Waals surface area contributed by atoms with Gasteiger partial charge in [0.15, 0.2) is 0 Å². The normalized spacial score (nSPS) is 10.5. The van der Waals surface area contributed by atoms with Crippen LogP contribution in [0.2, 0.25) is 5.02 Å². The standard InChI is InChI=1S/C14H10ClN3O2S/c15-10-2-1-3-11(6-10)16-12(19)7-13-17-18-14(20-13)9-4-5-21-8-9/h1-6,8H,7H2,(H,16,19). The summed E-state index contributed by atoms with van der Waals surface area (Å²) in [6, 6.07) is 8.81. The zero-order chi connectivity index (χ0) is 14.7. The van der Waals surface area contributed by atoms with Gasteiger partial charge in [0.2, 0.25) is 17.7 Å². The zero-order valence-electron chi connectivity index (χ0n) is 10.7. The molecular formula is C14H10ClN3O2S. The van der Waals surface area contributed by atoms with Crippen molar-refractivity contribution in [3.8, 4) is 11.5 Å². The highest BCUT2D eigenvalue weighted by Crippen LogP contribution is 2.21. The molecule has 0 unspecified atom stereocenters. The van der Waals surface area contributed by atoms with Crippen molar-refractivity contribution >= 4 is 34.5 Å². The number of carbonyl (C=O) groups excluding carboxylic acids is 1. The molecule has 0 aliphatic heterocycles. The number of amides is 1. The molecule has 3 aromatic rings. The SMILES string of the molecule is O=C(Cc1nnc(-c2ccsc2)o1)Nc1cccc(Cl)c1. The fraction of sp³-hybridized carbons (Fsp3) is 0.0714. The Morgan fingerprint density at radius 2 is 2.24 bits per heavy atom. The van der Waals surface area contributed by atoms with E-state index in [-0.39, 0.29) is 18.2 Å². The Kier molecular flexibility index (Phi) is 3.98. The van der Waals surface area contributed by atoms with Crippen molar-refractivity contribution in [1.29, 1.82) is 0 Å². The number of hydrogen-bond acceptors (Lipinski definition) is 5. The third-order valence-corrected chi connectivity index (χ3v) is 3.57. The van der Waals surface area contributed by atoms with E-state index in [4.69, 9.17) is 16.0 Å². The van der Waals surface area contributed by atoms with Gasteiger partial charge in [-0.2, -0.15) is 11.3 Å². The van der Waals surface area contributed by atoms with Crippen LogP contribution in [-0.2, 0) is 11.2 Å². The number of carbonyl (C=O) groups is 1. The van der Waals surface area contributed by atoms with Crippen LogP contribution >= 0.6 is 22.9 Å². The van der Waals surface area contributed by atoms with Gasteiger partial charge in [0.1, 0.15) is 6.42 Å². The van der Waals surface area contributed by atoms with E-state index in [0.29, 0.717) is 16.6 Å². The van der Waals surface area contributed by atoms with Crippen LogP contribution in [-0.4, -0.2) is 16.1 Å². The van der Waals surface area contributed by atoms with Crippen LogP contribution in [0.3, 0.4) is 0 Å². The molecule has 0 aliphatic carbocycles. The average molecular weight is 320 g/mol. The van der Waals surface area contributed by atoms with Gasteiger partial charge in [0, 0.05) is 21.7 Å². The van der Waals surface area contributed by atoms with Crippen molar-refractivity contribution in [3.63, 3.8) is 0 Å². The maximum atomic E-state index is 11.9. The van der Waals surface area contributed by atoms with E-state index in [1.807, 2.05) is 16.8 Å². The van der Waals surface area contributed by atoms with Crippen LogP contribution in [0.4, 0.5) is 5.69 Å². The fourth-order valence-electron chi connectivity index (χ4n) is 1.74. The van der Waals surface area contributed by atoms with Crippen LogP contribution in [0.1, 0.15) is 5.89 Å². The molecule has 3 rings (SSSR count). The van der Waals surface area contributed by atoms with E-state index in [1.165, 1.54) is 0 Å². The summed E-state index contributed by atoms with van der Waals surface area (Å²) in [6.07, 6.45) is 0.0175. The average Bonchev–Trinajstić information content (AvgIpc) is 3.08. The summed E-state index contributed by atoms with van der Waals surface area (Å²) in [5.41, 5.74) is 1.49. The van der Waals surface area contributed by atoms with Gasteiger partial charge in [0.05, 0.1) is 0 Å². The van der Waals surface area contributed by atoms with Crippen molar-refractivity contribution in [1.82, 2.24) is 10.2 Å². The van der Waals surface area contributed by atoms with Gasteiger partial charge in [-0.15, -0.1) is 10.2 Å². The minimum absolute atomic E-state index is 0.0175. The van der Waals surface area contributed by atoms with Gasteiger partial charge in [-0.25, -0.2) is 0 Å². The first kappa shape index (κ1) is 13.8. The Balaban J connectivity index is 1.65. The molecular weight excluding hydrogens is 310 g/mol. The van der Waals surface area contributed by atoms with Gasteiger partial charge in [-0.05, 0) is 29.6 Å². The second-order valence-corrected chi connectivity index (χ2v) is 5.46. The minimum atomic E-state index is -0.238. The number of nitrogens with one attached hydrogen (secondary N) is 1. The largest absolute Gasteiger partial charge is 0.420 e. The van der Waals surface area contributed by atoms with E-state index < -0.39 is 0 Å². The third kappa shape index (κ3) is 3.48. The number of benzene rings is 1. The Morgan fingerprint density at radius 3 is 3.00 bits per heavy atom. The molecule has 7 heteroatoms. The maximum absolute atomic E-state index is 11.9. The molecule has 5 nitrogen and oxygen atoms in total. The summed E-state index contributed by atoms with van der Waals surface area (Å²) in [5.74, 6) is 0.454. The van der Waals surface area contributed by atoms with Crippen LogP contribution in [0.25, 0.3) is 11.5 Å². The molecule has 2 heterocycles. The molecule has 0 spiro atoms. The van der Waals surface area contributed by atoms with E-state index in [1.54, 1.807) is 35.6 Å². The number of anilines is 1. The van der Waals surface area contributed by atoms with Gasteiger partial charge in [-0.3, -0.25) is 4.79 Å². The second kappa shape index (κ2) is 6.07. The molecule has 21 heavy (non-hydrogen) atoms. The minimum Gasteiger partial charge on any atom is -0.420 e. The van der Waals surface area contributed by atoms with Crippen LogP contribution in [0, 0.1) is 0 Å². The summed E-state index contributed by atoms with van der Waals surface area (Å²) in [7, 11) is 0. The lowest BCUT2D eigenvalue weighted by Crippen LogP contribution is -2.14. The third-order valence-electron chi connectivity index (χ3n) is 2.66. The molecule has 1 N–H and O–H groups in total. The number of hydrogen-bond donors (Lipinski definition) is 1. The predicted octanol–water partition coefficient (Wildman–Crippen LogP) is 3.63. The smallest absolute Gasteiger partial charge is 0.248 e. The number of thiophene rings is 1. The quantitative estimate of drug-likeness (QED) is 0.797. The molecule has 106 valence electrons. The van der Waals surface area contributed by atoms with Gasteiger partial charge >= 0.3 is 0 Å². The monoisotopic (exact) mass is 319 g/mol. The fourth-order valence-corrected chi connectivity index (χ4v) is 2.56. The topological polar surface area (TPSA) is 68.0 Å². The lowest BCUT2D eigenvalue weighted by Gasteiger charge is -2.03. The Morgan fingerprint density at radius 1 is 1.33 bits per heavy atom. The number of rotatable bonds is 4. The zero-order valence-corrected chi connectivity index (χ0v) is 12.3. The highest BCUT2D eigenvalue weighted by atomic mass is 35.5. The molecule has 0 aliphatic rings. The Hall–Kier alpha value is -2.18. The van der Waals surface area contributed by atoms with Crippen molar-refractivity contribution in [2.75, 3.05) is 5.32 Å². The van der Waals surface area contributed by atoms with E-state index in [0.717, 1.165) is 5.56 Å². The molecule has 0 radical (unpaired) electrons. The summed E-state index contributed by atoms with van der Waals surface area (Å²) in [4.78, 5) is 11.9. The van der Waals surface area contributed by atoms with Gasteiger partial charge < -0.3 is 9.73 Å². The van der Waals surface area contributed by atoms with E-state index in [9.17, 15) is 4.79 Å². The molecule has 2 aromatic heterocycles. The summed E-state index contributed by atoms with van der Waals surface area (Å²) in [5, 5.41) is 14.9. The lowest BCUT2D eigenvalue weighted by molar-refractivity contribution is -0.115. The first-order valence-electron chi connectivity index (χ1n) is 6.11. The molecule has 1 amide bonds. The van der Waals surface area contributed by atoms with E-state index >= 15 is 0 Å². The highest BCUT2D eigenvalue weighted by Gasteiger charge is 2.12. The van der Waals surface area contributed by atoms with Gasteiger partial charge in [-0.1, -0.05) is 17.7 Å². The highest BCUT2D eigenvalue weighted by molar-refractivity contribution is 7.08. The maximum Gasteiger partial charge on any atom is 0.248 e. The van der Waals surface area contributed by atoms with Crippen molar-refractivity contribution < 1.29 is 9.21 Å². The van der Waals surface area contributed by atoms with Crippen molar-refractivity contribution in [2.45, 2.75) is 6.42 Å². The van der Waals surface area contributed by atoms with Crippen LogP contribution < -0.4 is 5.32 Å². The second-order valence-electron chi connectivity index (χ2n) is 4.25. The Bertz CT molecular complexity index is 755. The summed E-state index contributed by atoms with van der Waals surface area (Å²) in [6.45, 7) is 0. The first-order valence-corrected chi connectivity index (χ1v) is 7.43. The van der Waals surface area contributed by atoms with Crippen molar-refractivity contribution in [3.05, 3.63) is 52.0 Å². The Labute approximate surface area is 129 Å². The molecule has 0 bridgehead atoms. The summed E-state index contributed by atoms with van der Waals surface area (Å²) < 4.78 is 5.46.